The van der Waals surface area contributed by atoms with Gasteiger partial charge in [-0.25, -0.2) is 0 Å². The number of carbonyl (C=O) groups is 1. The highest BCUT2D eigenvalue weighted by atomic mass is 16.6. The molecular formula is C13H18N4O3. The van der Waals surface area contributed by atoms with Crippen LogP contribution < -0.4 is 11.1 Å². The van der Waals surface area contributed by atoms with E-state index in [-0.39, 0.29) is 17.6 Å². The maximum Gasteiger partial charge on any atom is 0.269 e. The molecule has 108 valence electrons. The molecule has 1 saturated heterocycles. The van der Waals surface area contributed by atoms with E-state index in [1.165, 1.54) is 6.07 Å². The van der Waals surface area contributed by atoms with Gasteiger partial charge in [-0.15, -0.1) is 0 Å². The van der Waals surface area contributed by atoms with Crippen LogP contribution in [0.3, 0.4) is 0 Å². The van der Waals surface area contributed by atoms with E-state index in [4.69, 9.17) is 5.73 Å². The van der Waals surface area contributed by atoms with Gasteiger partial charge < -0.3 is 11.1 Å². The van der Waals surface area contributed by atoms with Gasteiger partial charge >= 0.3 is 0 Å². The molecule has 1 aliphatic rings. The lowest BCUT2D eigenvalue weighted by Crippen LogP contribution is -2.57. The van der Waals surface area contributed by atoms with Crippen LogP contribution >= 0.6 is 0 Å². The summed E-state index contributed by atoms with van der Waals surface area (Å²) in [6.45, 7) is 3.88. The molecule has 1 fully saturated rings. The summed E-state index contributed by atoms with van der Waals surface area (Å²) in [6, 6.07) is 6.00. The van der Waals surface area contributed by atoms with Crippen molar-refractivity contribution in [3.8, 4) is 0 Å². The largest absolute Gasteiger partial charge is 0.368 e. The number of rotatable bonds is 4. The van der Waals surface area contributed by atoms with Gasteiger partial charge in [0.15, 0.2) is 0 Å². The third-order valence-corrected chi connectivity index (χ3v) is 3.67. The number of nitro groups is 1. The minimum absolute atomic E-state index is 0.0557. The number of amides is 1. The van der Waals surface area contributed by atoms with E-state index in [0.717, 1.165) is 12.1 Å². The molecule has 0 aliphatic carbocycles. The summed E-state index contributed by atoms with van der Waals surface area (Å²) in [6.07, 6.45) is 0. The van der Waals surface area contributed by atoms with Gasteiger partial charge in [-0.3, -0.25) is 19.8 Å². The zero-order valence-electron chi connectivity index (χ0n) is 11.3. The number of hydrogen-bond acceptors (Lipinski definition) is 5. The Kier molecular flexibility index (Phi) is 4.31. The van der Waals surface area contributed by atoms with E-state index in [2.05, 4.69) is 5.32 Å². The highest BCUT2D eigenvalue weighted by Crippen LogP contribution is 2.26. The van der Waals surface area contributed by atoms with Crippen LogP contribution in [0.15, 0.2) is 24.3 Å². The first kappa shape index (κ1) is 14.4. The Morgan fingerprint density at radius 1 is 1.60 bits per heavy atom. The first-order chi connectivity index (χ1) is 9.50. The fourth-order valence-electron chi connectivity index (χ4n) is 2.54. The fourth-order valence-corrected chi connectivity index (χ4v) is 2.54. The van der Waals surface area contributed by atoms with Gasteiger partial charge in [0.1, 0.15) is 6.04 Å². The van der Waals surface area contributed by atoms with Gasteiger partial charge in [-0.2, -0.15) is 0 Å². The average molecular weight is 278 g/mol. The first-order valence-electron chi connectivity index (χ1n) is 6.51. The highest BCUT2D eigenvalue weighted by molar-refractivity contribution is 5.80. The molecule has 1 aromatic carbocycles. The predicted octanol–water partition coefficient (Wildman–Crippen LogP) is 0.415. The molecule has 20 heavy (non-hydrogen) atoms. The number of nitrogens with zero attached hydrogens (tertiary/aromatic N) is 2. The SMILES string of the molecule is CC(c1cccc([N+](=O)[O-])c1)N1CCNCC1C(N)=O. The third kappa shape index (κ3) is 2.94. The van der Waals surface area contributed by atoms with Gasteiger partial charge in [0.05, 0.1) is 4.92 Å². The maximum absolute atomic E-state index is 11.5. The smallest absolute Gasteiger partial charge is 0.269 e. The van der Waals surface area contributed by atoms with E-state index in [9.17, 15) is 14.9 Å². The predicted molar refractivity (Wildman–Crippen MR) is 74.1 cm³/mol. The first-order valence-corrected chi connectivity index (χ1v) is 6.51. The molecule has 1 heterocycles. The van der Waals surface area contributed by atoms with Crippen molar-refractivity contribution >= 4 is 11.6 Å². The molecule has 0 aromatic heterocycles. The molecule has 0 saturated carbocycles. The Morgan fingerprint density at radius 2 is 2.35 bits per heavy atom. The Bertz CT molecular complexity index is 520. The van der Waals surface area contributed by atoms with Gasteiger partial charge in [0.25, 0.3) is 5.69 Å². The number of hydrogen-bond donors (Lipinski definition) is 2. The van der Waals surface area contributed by atoms with Crippen LogP contribution in [0.5, 0.6) is 0 Å². The van der Waals surface area contributed by atoms with Gasteiger partial charge in [0.2, 0.25) is 5.91 Å². The lowest BCUT2D eigenvalue weighted by Gasteiger charge is -2.38. The molecule has 1 amide bonds. The van der Waals surface area contributed by atoms with Crippen molar-refractivity contribution in [3.63, 3.8) is 0 Å². The number of nitrogens with one attached hydrogen (secondary N) is 1. The highest BCUT2D eigenvalue weighted by Gasteiger charge is 2.31. The summed E-state index contributed by atoms with van der Waals surface area (Å²) in [5.74, 6) is -0.380. The molecule has 3 N–H and O–H groups in total. The van der Waals surface area contributed by atoms with Crippen LogP contribution in [0, 0.1) is 10.1 Å². The number of primary amides is 1. The van der Waals surface area contributed by atoms with Gasteiger partial charge in [0, 0.05) is 37.8 Å². The normalized spacial score (nSPS) is 21.4. The molecule has 0 spiro atoms. The Labute approximate surface area is 116 Å². The molecule has 0 bridgehead atoms. The minimum Gasteiger partial charge on any atom is -0.368 e. The van der Waals surface area contributed by atoms with Crippen LogP contribution in [0.1, 0.15) is 18.5 Å². The number of piperazine rings is 1. The Balaban J connectivity index is 2.24. The topological polar surface area (TPSA) is 102 Å². The maximum atomic E-state index is 11.5. The number of benzene rings is 1. The summed E-state index contributed by atoms with van der Waals surface area (Å²) >= 11 is 0. The van der Waals surface area contributed by atoms with Crippen molar-refractivity contribution in [3.05, 3.63) is 39.9 Å². The number of non-ortho nitro benzene ring substituents is 1. The van der Waals surface area contributed by atoms with Crippen LogP contribution in [-0.4, -0.2) is 41.4 Å². The van der Waals surface area contributed by atoms with Crippen LogP contribution in [-0.2, 0) is 4.79 Å². The zero-order chi connectivity index (χ0) is 14.7. The molecule has 7 nitrogen and oxygen atoms in total. The molecule has 2 rings (SSSR count). The van der Waals surface area contributed by atoms with Crippen molar-refractivity contribution in [2.24, 2.45) is 5.73 Å². The van der Waals surface area contributed by atoms with Crippen LogP contribution in [0.4, 0.5) is 5.69 Å². The molecule has 0 radical (unpaired) electrons. The molecular weight excluding hydrogens is 260 g/mol. The second-order valence-electron chi connectivity index (χ2n) is 4.89. The zero-order valence-corrected chi connectivity index (χ0v) is 11.3. The number of nitro benzene ring substituents is 1. The summed E-state index contributed by atoms with van der Waals surface area (Å²) < 4.78 is 0. The fraction of sp³-hybridized carbons (Fsp3) is 0.462. The molecule has 1 aromatic rings. The molecule has 7 heteroatoms. The number of nitrogens with two attached hydrogens (primary N) is 1. The molecule has 2 unspecified atom stereocenters. The second kappa shape index (κ2) is 5.98. The summed E-state index contributed by atoms with van der Waals surface area (Å²) in [5.41, 5.74) is 6.29. The third-order valence-electron chi connectivity index (χ3n) is 3.67. The van der Waals surface area contributed by atoms with E-state index < -0.39 is 11.0 Å². The van der Waals surface area contributed by atoms with Crippen LogP contribution in [0.2, 0.25) is 0 Å². The van der Waals surface area contributed by atoms with E-state index in [1.807, 2.05) is 17.9 Å². The van der Waals surface area contributed by atoms with Gasteiger partial charge in [-0.1, -0.05) is 12.1 Å². The van der Waals surface area contributed by atoms with Crippen LogP contribution in [0.25, 0.3) is 0 Å². The van der Waals surface area contributed by atoms with Crippen molar-refractivity contribution in [2.75, 3.05) is 19.6 Å². The van der Waals surface area contributed by atoms with Gasteiger partial charge in [-0.05, 0) is 12.5 Å². The standard InChI is InChI=1S/C13H18N4O3/c1-9(10-3-2-4-11(7-10)17(19)20)16-6-5-15-8-12(16)13(14)18/h2-4,7,9,12,15H,5-6,8H2,1H3,(H2,14,18). The summed E-state index contributed by atoms with van der Waals surface area (Å²) in [7, 11) is 0. The quantitative estimate of drug-likeness (QED) is 0.613. The number of carbonyl (C=O) groups excluding carboxylic acids is 1. The summed E-state index contributed by atoms with van der Waals surface area (Å²) in [5, 5.41) is 14.0. The van der Waals surface area contributed by atoms with Crippen molar-refractivity contribution in [1.82, 2.24) is 10.2 Å². The van der Waals surface area contributed by atoms with Crippen molar-refractivity contribution in [1.29, 1.82) is 0 Å². The van der Waals surface area contributed by atoms with Crippen molar-refractivity contribution in [2.45, 2.75) is 19.0 Å². The van der Waals surface area contributed by atoms with E-state index in [0.29, 0.717) is 13.1 Å². The molecule has 2 atom stereocenters. The van der Waals surface area contributed by atoms with E-state index >= 15 is 0 Å². The van der Waals surface area contributed by atoms with E-state index in [1.54, 1.807) is 12.1 Å². The second-order valence-corrected chi connectivity index (χ2v) is 4.89. The Morgan fingerprint density at radius 3 is 3.00 bits per heavy atom. The lowest BCUT2D eigenvalue weighted by molar-refractivity contribution is -0.385. The minimum atomic E-state index is -0.417. The monoisotopic (exact) mass is 278 g/mol. The lowest BCUT2D eigenvalue weighted by atomic mass is 10.0. The average Bonchev–Trinajstić information content (AvgIpc) is 2.46. The Hall–Kier alpha value is -1.99. The summed E-state index contributed by atoms with van der Waals surface area (Å²) in [4.78, 5) is 23.9. The molecule has 1 aliphatic heterocycles. The van der Waals surface area contributed by atoms with Crippen molar-refractivity contribution < 1.29 is 9.72 Å².